The van der Waals surface area contributed by atoms with E-state index in [9.17, 15) is 0 Å². The van der Waals surface area contributed by atoms with Crippen molar-refractivity contribution in [1.82, 2.24) is 0 Å². The normalized spacial score (nSPS) is 12.7. The van der Waals surface area contributed by atoms with Gasteiger partial charge in [0.2, 0.25) is 0 Å². The van der Waals surface area contributed by atoms with Crippen molar-refractivity contribution >= 4 is 0 Å². The van der Waals surface area contributed by atoms with Crippen molar-refractivity contribution in [3.05, 3.63) is 35.9 Å². The molecule has 0 aromatic heterocycles. The Bertz CT molecular complexity index is 233. The molecule has 0 saturated heterocycles. The topological polar surface area (TPSA) is 29.5 Å². The lowest BCUT2D eigenvalue weighted by molar-refractivity contribution is -0.243. The van der Waals surface area contributed by atoms with Gasteiger partial charge in [-0.05, 0) is 24.3 Å². The van der Waals surface area contributed by atoms with E-state index in [0.717, 1.165) is 19.3 Å². The second kappa shape index (κ2) is 6.57. The maximum atomic E-state index is 8.33. The van der Waals surface area contributed by atoms with Crippen molar-refractivity contribution in [3.63, 3.8) is 0 Å². The zero-order valence-electron chi connectivity index (χ0n) is 8.65. The van der Waals surface area contributed by atoms with E-state index in [-0.39, 0.29) is 0 Å². The molecule has 78 valence electrons. The highest BCUT2D eigenvalue weighted by molar-refractivity contribution is 5.19. The lowest BCUT2D eigenvalue weighted by Crippen LogP contribution is -2.02. The zero-order valence-corrected chi connectivity index (χ0v) is 8.65. The predicted molar refractivity (Wildman–Crippen MR) is 57.3 cm³/mol. The highest BCUT2D eigenvalue weighted by atomic mass is 17.1. The van der Waals surface area contributed by atoms with Gasteiger partial charge >= 0.3 is 0 Å². The van der Waals surface area contributed by atoms with E-state index >= 15 is 0 Å². The van der Waals surface area contributed by atoms with Crippen LogP contribution in [0.2, 0.25) is 0 Å². The largest absolute Gasteiger partial charge is 0.252 e. The summed E-state index contributed by atoms with van der Waals surface area (Å²) in [5.41, 5.74) is 1.34. The fraction of sp³-hybridized carbons (Fsp3) is 0.500. The smallest absolute Gasteiger partial charge is 0.0825 e. The maximum absolute atomic E-state index is 8.33. The lowest BCUT2D eigenvalue weighted by atomic mass is 9.92. The number of rotatable bonds is 6. The first-order valence-electron chi connectivity index (χ1n) is 5.19. The third kappa shape index (κ3) is 3.48. The Labute approximate surface area is 85.5 Å². The summed E-state index contributed by atoms with van der Waals surface area (Å²) in [4.78, 5) is 4.14. The molecule has 0 heterocycles. The number of benzene rings is 1. The zero-order chi connectivity index (χ0) is 10.2. The molecule has 1 N–H and O–H groups in total. The third-order valence-electron chi connectivity index (χ3n) is 2.47. The Hall–Kier alpha value is -0.860. The fourth-order valence-electron chi connectivity index (χ4n) is 1.75. The van der Waals surface area contributed by atoms with Crippen LogP contribution < -0.4 is 0 Å². The van der Waals surface area contributed by atoms with Gasteiger partial charge in [0.15, 0.2) is 0 Å². The highest BCUT2D eigenvalue weighted by Crippen LogP contribution is 2.24. The minimum atomic E-state index is 0.416. The molecular formula is C12H18O2. The van der Waals surface area contributed by atoms with Crippen LogP contribution in [0.3, 0.4) is 0 Å². The molecule has 1 unspecified atom stereocenters. The molecule has 0 aliphatic heterocycles. The average Bonchev–Trinajstić information content (AvgIpc) is 2.25. The van der Waals surface area contributed by atoms with Gasteiger partial charge < -0.3 is 0 Å². The summed E-state index contributed by atoms with van der Waals surface area (Å²) < 4.78 is 0. The minimum absolute atomic E-state index is 0.416. The summed E-state index contributed by atoms with van der Waals surface area (Å²) in [6, 6.07) is 10.4. The Balaban J connectivity index is 2.58. The summed E-state index contributed by atoms with van der Waals surface area (Å²) in [5.74, 6) is 0.508. The van der Waals surface area contributed by atoms with Gasteiger partial charge in [0.05, 0.1) is 6.61 Å². The Morgan fingerprint density at radius 1 is 1.21 bits per heavy atom. The SMILES string of the molecule is CCCC(CCOO)c1ccccc1. The van der Waals surface area contributed by atoms with Crippen LogP contribution in [-0.4, -0.2) is 11.9 Å². The van der Waals surface area contributed by atoms with Crippen molar-refractivity contribution in [1.29, 1.82) is 0 Å². The summed E-state index contributed by atoms with van der Waals surface area (Å²) >= 11 is 0. The van der Waals surface area contributed by atoms with Gasteiger partial charge in [0.1, 0.15) is 0 Å². The molecule has 0 aliphatic rings. The van der Waals surface area contributed by atoms with Gasteiger partial charge in [-0.2, -0.15) is 0 Å². The van der Waals surface area contributed by atoms with Crippen molar-refractivity contribution in [3.8, 4) is 0 Å². The fourth-order valence-corrected chi connectivity index (χ4v) is 1.75. The number of hydrogen-bond acceptors (Lipinski definition) is 2. The van der Waals surface area contributed by atoms with Crippen LogP contribution in [0.15, 0.2) is 30.3 Å². The van der Waals surface area contributed by atoms with Crippen molar-refractivity contribution in [2.45, 2.75) is 32.1 Å². The molecule has 0 fully saturated rings. The van der Waals surface area contributed by atoms with E-state index in [2.05, 4.69) is 36.1 Å². The van der Waals surface area contributed by atoms with E-state index in [0.29, 0.717) is 12.5 Å². The van der Waals surface area contributed by atoms with Crippen LogP contribution >= 0.6 is 0 Å². The van der Waals surface area contributed by atoms with Crippen LogP contribution in [0.25, 0.3) is 0 Å². The minimum Gasteiger partial charge on any atom is -0.252 e. The first-order valence-corrected chi connectivity index (χ1v) is 5.19. The second-order valence-electron chi connectivity index (χ2n) is 3.52. The molecule has 0 spiro atoms. The number of hydrogen-bond donors (Lipinski definition) is 1. The molecule has 2 heteroatoms. The molecule has 1 rings (SSSR count). The molecule has 2 nitrogen and oxygen atoms in total. The van der Waals surface area contributed by atoms with Gasteiger partial charge in [0.25, 0.3) is 0 Å². The summed E-state index contributed by atoms with van der Waals surface area (Å²) in [5, 5.41) is 8.33. The molecular weight excluding hydrogens is 176 g/mol. The van der Waals surface area contributed by atoms with Crippen LogP contribution in [-0.2, 0) is 4.89 Å². The van der Waals surface area contributed by atoms with E-state index < -0.39 is 0 Å². The molecule has 0 bridgehead atoms. The van der Waals surface area contributed by atoms with Gasteiger partial charge in [-0.3, -0.25) is 5.26 Å². The Morgan fingerprint density at radius 2 is 1.93 bits per heavy atom. The molecule has 1 aromatic rings. The standard InChI is InChI=1S/C12H18O2/c1-2-6-11(9-10-14-13)12-7-4-3-5-8-12/h3-5,7-8,11,13H,2,6,9-10H2,1H3. The molecule has 14 heavy (non-hydrogen) atoms. The van der Waals surface area contributed by atoms with Crippen molar-refractivity contribution in [2.24, 2.45) is 0 Å². The van der Waals surface area contributed by atoms with E-state index in [1.165, 1.54) is 5.56 Å². The van der Waals surface area contributed by atoms with E-state index in [1.807, 2.05) is 6.07 Å². The Kier molecular flexibility index (Phi) is 5.27. The maximum Gasteiger partial charge on any atom is 0.0825 e. The molecule has 0 aliphatic carbocycles. The first kappa shape index (κ1) is 11.2. The van der Waals surface area contributed by atoms with Crippen LogP contribution in [0.1, 0.15) is 37.7 Å². The predicted octanol–water partition coefficient (Wildman–Crippen LogP) is 3.45. The van der Waals surface area contributed by atoms with E-state index in [4.69, 9.17) is 5.26 Å². The third-order valence-corrected chi connectivity index (χ3v) is 2.47. The van der Waals surface area contributed by atoms with Crippen LogP contribution in [0.5, 0.6) is 0 Å². The van der Waals surface area contributed by atoms with Crippen LogP contribution in [0, 0.1) is 0 Å². The van der Waals surface area contributed by atoms with Gasteiger partial charge in [0, 0.05) is 0 Å². The molecule has 0 amide bonds. The monoisotopic (exact) mass is 194 g/mol. The van der Waals surface area contributed by atoms with Crippen molar-refractivity contribution < 1.29 is 10.1 Å². The molecule has 0 saturated carbocycles. The summed E-state index contributed by atoms with van der Waals surface area (Å²) in [6.07, 6.45) is 3.19. The molecule has 1 aromatic carbocycles. The van der Waals surface area contributed by atoms with E-state index in [1.54, 1.807) is 0 Å². The quantitative estimate of drug-likeness (QED) is 0.555. The average molecular weight is 194 g/mol. The summed E-state index contributed by atoms with van der Waals surface area (Å²) in [6.45, 7) is 2.59. The second-order valence-corrected chi connectivity index (χ2v) is 3.52. The highest BCUT2D eigenvalue weighted by Gasteiger charge is 2.09. The first-order chi connectivity index (χ1) is 6.88. The summed E-state index contributed by atoms with van der Waals surface area (Å²) in [7, 11) is 0. The van der Waals surface area contributed by atoms with Gasteiger partial charge in [-0.15, -0.1) is 0 Å². The molecule has 1 atom stereocenters. The lowest BCUT2D eigenvalue weighted by Gasteiger charge is -2.15. The van der Waals surface area contributed by atoms with Gasteiger partial charge in [-0.25, -0.2) is 4.89 Å². The van der Waals surface area contributed by atoms with Crippen molar-refractivity contribution in [2.75, 3.05) is 6.61 Å². The van der Waals surface area contributed by atoms with Gasteiger partial charge in [-0.1, -0.05) is 43.7 Å². The van der Waals surface area contributed by atoms with Crippen LogP contribution in [0.4, 0.5) is 0 Å². The molecule has 0 radical (unpaired) electrons. The Morgan fingerprint density at radius 3 is 2.50 bits per heavy atom.